The Morgan fingerprint density at radius 3 is 2.82 bits per heavy atom. The van der Waals surface area contributed by atoms with Crippen LogP contribution < -0.4 is 4.90 Å². The summed E-state index contributed by atoms with van der Waals surface area (Å²) in [4.78, 5) is 21.9. The van der Waals surface area contributed by atoms with Crippen molar-refractivity contribution in [3.63, 3.8) is 0 Å². The summed E-state index contributed by atoms with van der Waals surface area (Å²) < 4.78 is 0. The van der Waals surface area contributed by atoms with Crippen molar-refractivity contribution >= 4 is 23.3 Å². The first-order valence-corrected chi connectivity index (χ1v) is 6.26. The quantitative estimate of drug-likeness (QED) is 0.775. The van der Waals surface area contributed by atoms with Crippen LogP contribution in [-0.2, 0) is 4.79 Å². The maximum absolute atomic E-state index is 12.2. The van der Waals surface area contributed by atoms with Crippen LogP contribution in [0.15, 0.2) is 12.3 Å². The van der Waals surface area contributed by atoms with Gasteiger partial charge in [0, 0.05) is 18.7 Å². The molecular formula is C12H16ClN3O. The molecule has 1 amide bonds. The van der Waals surface area contributed by atoms with E-state index in [9.17, 15) is 4.79 Å². The summed E-state index contributed by atoms with van der Waals surface area (Å²) in [6.07, 6.45) is 4.22. The van der Waals surface area contributed by atoms with Crippen molar-refractivity contribution in [3.05, 3.63) is 17.5 Å². The maximum Gasteiger partial charge on any atom is 0.228 e. The third-order valence-corrected chi connectivity index (χ3v) is 2.80. The fourth-order valence-corrected chi connectivity index (χ4v) is 1.90. The Hall–Kier alpha value is -1.16. The van der Waals surface area contributed by atoms with Crippen molar-refractivity contribution in [1.82, 2.24) is 9.97 Å². The number of anilines is 1. The molecule has 1 aliphatic carbocycles. The van der Waals surface area contributed by atoms with E-state index >= 15 is 0 Å². The highest BCUT2D eigenvalue weighted by Crippen LogP contribution is 2.31. The van der Waals surface area contributed by atoms with Crippen molar-refractivity contribution < 1.29 is 4.79 Å². The highest BCUT2D eigenvalue weighted by atomic mass is 35.5. The van der Waals surface area contributed by atoms with Crippen molar-refractivity contribution in [2.75, 3.05) is 4.90 Å². The molecule has 0 aromatic carbocycles. The Bertz CT molecular complexity index is 418. The second-order valence-corrected chi connectivity index (χ2v) is 5.11. The number of hydrogen-bond acceptors (Lipinski definition) is 3. The molecule has 5 heteroatoms. The Morgan fingerprint density at radius 2 is 2.29 bits per heavy atom. The van der Waals surface area contributed by atoms with Crippen LogP contribution in [0.2, 0.25) is 5.28 Å². The molecule has 0 spiro atoms. The first-order chi connectivity index (χ1) is 8.08. The van der Waals surface area contributed by atoms with Gasteiger partial charge in [0.1, 0.15) is 5.82 Å². The van der Waals surface area contributed by atoms with Crippen LogP contribution >= 0.6 is 11.6 Å². The van der Waals surface area contributed by atoms with E-state index in [1.807, 2.05) is 13.8 Å². The summed E-state index contributed by atoms with van der Waals surface area (Å²) >= 11 is 5.76. The van der Waals surface area contributed by atoms with Gasteiger partial charge >= 0.3 is 0 Å². The fraction of sp³-hybridized carbons (Fsp3) is 0.583. The van der Waals surface area contributed by atoms with E-state index in [0.29, 0.717) is 24.2 Å². The van der Waals surface area contributed by atoms with E-state index in [0.717, 1.165) is 12.8 Å². The molecule has 4 nitrogen and oxygen atoms in total. The third-order valence-electron chi connectivity index (χ3n) is 2.62. The monoisotopic (exact) mass is 253 g/mol. The van der Waals surface area contributed by atoms with Gasteiger partial charge in [0.15, 0.2) is 0 Å². The van der Waals surface area contributed by atoms with Crippen molar-refractivity contribution in [2.45, 2.75) is 39.2 Å². The summed E-state index contributed by atoms with van der Waals surface area (Å²) in [5, 5.41) is 0.186. The summed E-state index contributed by atoms with van der Waals surface area (Å²) in [5.41, 5.74) is 0. The van der Waals surface area contributed by atoms with Gasteiger partial charge in [-0.3, -0.25) is 9.69 Å². The van der Waals surface area contributed by atoms with E-state index in [1.165, 1.54) is 0 Å². The lowest BCUT2D eigenvalue weighted by atomic mass is 10.1. The smallest absolute Gasteiger partial charge is 0.228 e. The maximum atomic E-state index is 12.2. The number of hydrogen-bond donors (Lipinski definition) is 0. The predicted molar refractivity (Wildman–Crippen MR) is 67.0 cm³/mol. The van der Waals surface area contributed by atoms with E-state index in [2.05, 4.69) is 9.97 Å². The van der Waals surface area contributed by atoms with Crippen LogP contribution in [0.3, 0.4) is 0 Å². The first-order valence-electron chi connectivity index (χ1n) is 5.88. The van der Waals surface area contributed by atoms with Gasteiger partial charge in [-0.05, 0) is 36.4 Å². The van der Waals surface area contributed by atoms with Gasteiger partial charge < -0.3 is 0 Å². The number of nitrogens with zero attached hydrogens (tertiary/aromatic N) is 3. The highest BCUT2D eigenvalue weighted by molar-refractivity contribution is 6.28. The molecule has 0 bridgehead atoms. The molecule has 1 aromatic rings. The number of carbonyl (C=O) groups excluding carboxylic acids is 1. The molecule has 0 atom stereocenters. The van der Waals surface area contributed by atoms with Gasteiger partial charge in [0.25, 0.3) is 0 Å². The predicted octanol–water partition coefficient (Wildman–Crippen LogP) is 2.67. The zero-order chi connectivity index (χ0) is 12.4. The molecule has 17 heavy (non-hydrogen) atoms. The minimum absolute atomic E-state index is 0.122. The molecule has 0 aliphatic heterocycles. The molecular weight excluding hydrogens is 238 g/mol. The average molecular weight is 254 g/mol. The number of aromatic nitrogens is 2. The van der Waals surface area contributed by atoms with Crippen molar-refractivity contribution in [2.24, 2.45) is 5.92 Å². The lowest BCUT2D eigenvalue weighted by Crippen LogP contribution is -2.34. The SMILES string of the molecule is CC(C)CC(=O)N(c1ccnc(Cl)n1)C1CC1. The van der Waals surface area contributed by atoms with Crippen LogP contribution in [0.1, 0.15) is 33.1 Å². The summed E-state index contributed by atoms with van der Waals surface area (Å²) in [7, 11) is 0. The van der Waals surface area contributed by atoms with Gasteiger partial charge in [-0.1, -0.05) is 13.8 Å². The van der Waals surface area contributed by atoms with Crippen LogP contribution in [0.5, 0.6) is 0 Å². The van der Waals surface area contributed by atoms with Gasteiger partial charge in [-0.2, -0.15) is 0 Å². The lowest BCUT2D eigenvalue weighted by molar-refractivity contribution is -0.119. The van der Waals surface area contributed by atoms with E-state index in [1.54, 1.807) is 17.2 Å². The topological polar surface area (TPSA) is 46.1 Å². The second-order valence-electron chi connectivity index (χ2n) is 4.78. The molecule has 1 aromatic heterocycles. The lowest BCUT2D eigenvalue weighted by Gasteiger charge is -2.22. The Labute approximate surface area is 106 Å². The van der Waals surface area contributed by atoms with Crippen molar-refractivity contribution in [1.29, 1.82) is 0 Å². The second kappa shape index (κ2) is 5.00. The zero-order valence-electron chi connectivity index (χ0n) is 10.1. The molecule has 92 valence electrons. The van der Waals surface area contributed by atoms with Crippen LogP contribution in [-0.4, -0.2) is 21.9 Å². The number of amides is 1. The zero-order valence-corrected chi connectivity index (χ0v) is 10.8. The first kappa shape index (κ1) is 12.3. The van der Waals surface area contributed by atoms with E-state index in [-0.39, 0.29) is 11.2 Å². The van der Waals surface area contributed by atoms with Crippen LogP contribution in [0.25, 0.3) is 0 Å². The normalized spacial score (nSPS) is 15.1. The average Bonchev–Trinajstić information content (AvgIpc) is 3.01. The molecule has 0 radical (unpaired) electrons. The number of rotatable bonds is 4. The summed E-state index contributed by atoms with van der Waals surface area (Å²) in [6, 6.07) is 2.04. The molecule has 1 saturated carbocycles. The molecule has 1 fully saturated rings. The molecule has 0 saturated heterocycles. The Balaban J connectivity index is 2.20. The molecule has 2 rings (SSSR count). The Kier molecular flexibility index (Phi) is 3.62. The number of halogens is 1. The summed E-state index contributed by atoms with van der Waals surface area (Å²) in [6.45, 7) is 4.08. The minimum Gasteiger partial charge on any atom is -0.294 e. The third kappa shape index (κ3) is 3.16. The van der Waals surface area contributed by atoms with Gasteiger partial charge in [0.05, 0.1) is 0 Å². The van der Waals surface area contributed by atoms with Crippen molar-refractivity contribution in [3.8, 4) is 0 Å². The van der Waals surface area contributed by atoms with Gasteiger partial charge in [0.2, 0.25) is 11.2 Å². The van der Waals surface area contributed by atoms with Crippen LogP contribution in [0, 0.1) is 5.92 Å². The Morgan fingerprint density at radius 1 is 1.59 bits per heavy atom. The van der Waals surface area contributed by atoms with Crippen LogP contribution in [0.4, 0.5) is 5.82 Å². The van der Waals surface area contributed by atoms with Gasteiger partial charge in [-0.25, -0.2) is 9.97 Å². The molecule has 1 aliphatic rings. The molecule has 1 heterocycles. The van der Waals surface area contributed by atoms with E-state index in [4.69, 9.17) is 11.6 Å². The molecule has 0 unspecified atom stereocenters. The summed E-state index contributed by atoms with van der Waals surface area (Å²) in [5.74, 6) is 1.09. The number of carbonyl (C=O) groups is 1. The fourth-order valence-electron chi connectivity index (χ4n) is 1.76. The highest BCUT2D eigenvalue weighted by Gasteiger charge is 2.34. The minimum atomic E-state index is 0.122. The molecule has 0 N–H and O–H groups in total. The standard InChI is InChI=1S/C12H16ClN3O/c1-8(2)7-11(17)16(9-3-4-9)10-5-6-14-12(13)15-10/h5-6,8-9H,3-4,7H2,1-2H3. The van der Waals surface area contributed by atoms with Gasteiger partial charge in [-0.15, -0.1) is 0 Å². The largest absolute Gasteiger partial charge is 0.294 e. The van der Waals surface area contributed by atoms with E-state index < -0.39 is 0 Å².